The van der Waals surface area contributed by atoms with Crippen LogP contribution in [0.5, 0.6) is 0 Å². The van der Waals surface area contributed by atoms with Crippen LogP contribution in [0, 0.1) is 0 Å². The Morgan fingerprint density at radius 1 is 1.22 bits per heavy atom. The van der Waals surface area contributed by atoms with Crippen LogP contribution in [0.3, 0.4) is 0 Å². The van der Waals surface area contributed by atoms with Gasteiger partial charge in [-0.25, -0.2) is 0 Å². The molecule has 2 rings (SSSR count). The third-order valence-electron chi connectivity index (χ3n) is 3.28. The summed E-state index contributed by atoms with van der Waals surface area (Å²) in [4.78, 5) is 11.9. The van der Waals surface area contributed by atoms with Gasteiger partial charge in [0, 0.05) is 22.4 Å². The van der Waals surface area contributed by atoms with Crippen molar-refractivity contribution in [3.05, 3.63) is 58.5 Å². The molecule has 0 aliphatic carbocycles. The molecule has 0 spiro atoms. The summed E-state index contributed by atoms with van der Waals surface area (Å²) in [6.07, 6.45) is 1.95. The lowest BCUT2D eigenvalue weighted by Gasteiger charge is -2.03. The molecule has 124 valence electrons. The van der Waals surface area contributed by atoms with Crippen LogP contribution in [0.15, 0.2) is 40.8 Å². The number of amides is 1. The predicted molar refractivity (Wildman–Crippen MR) is 93.0 cm³/mol. The minimum atomic E-state index is -1.15. The lowest BCUT2D eigenvalue weighted by molar-refractivity contribution is 0.0924. The number of furan rings is 1. The highest BCUT2D eigenvalue weighted by Gasteiger charge is 2.13. The van der Waals surface area contributed by atoms with Crippen molar-refractivity contribution in [1.82, 2.24) is 5.32 Å². The molecule has 2 aromatic rings. The standard InChI is InChI=1S/C17H20ClNO3S/c1-2-3-10-19-17(20)16-9-8-14(22-16)12-23(21)11-13-6-4-5-7-15(13)18/h4-9H,2-3,10-12H2,1H3,(H,19,20)/t23-/m0/s1. The molecule has 0 fully saturated rings. The number of nitrogens with one attached hydrogen (secondary N) is 1. The van der Waals surface area contributed by atoms with Gasteiger partial charge in [0.2, 0.25) is 0 Å². The Morgan fingerprint density at radius 2 is 2.00 bits per heavy atom. The number of hydrogen-bond donors (Lipinski definition) is 1. The van der Waals surface area contributed by atoms with Gasteiger partial charge in [0.1, 0.15) is 5.76 Å². The number of halogens is 1. The molecule has 1 N–H and O–H groups in total. The van der Waals surface area contributed by atoms with E-state index in [-0.39, 0.29) is 17.4 Å². The summed E-state index contributed by atoms with van der Waals surface area (Å²) in [5.74, 6) is 1.18. The minimum absolute atomic E-state index is 0.235. The second kappa shape index (κ2) is 8.89. The molecule has 0 bridgehead atoms. The van der Waals surface area contributed by atoms with Crippen LogP contribution >= 0.6 is 11.6 Å². The van der Waals surface area contributed by atoms with E-state index in [1.165, 1.54) is 0 Å². The Morgan fingerprint density at radius 3 is 2.74 bits per heavy atom. The van der Waals surface area contributed by atoms with Crippen LogP contribution in [0.1, 0.15) is 41.6 Å². The topological polar surface area (TPSA) is 59.3 Å². The molecular weight excluding hydrogens is 334 g/mol. The summed E-state index contributed by atoms with van der Waals surface area (Å²) in [6.45, 7) is 2.69. The maximum Gasteiger partial charge on any atom is 0.286 e. The monoisotopic (exact) mass is 353 g/mol. The lowest BCUT2D eigenvalue weighted by atomic mass is 10.2. The molecule has 0 aliphatic heterocycles. The van der Waals surface area contributed by atoms with Gasteiger partial charge in [-0.1, -0.05) is 43.1 Å². The van der Waals surface area contributed by atoms with Crippen molar-refractivity contribution in [3.63, 3.8) is 0 Å². The van der Waals surface area contributed by atoms with Crippen molar-refractivity contribution in [2.75, 3.05) is 6.54 Å². The molecule has 1 amide bonds. The Hall–Kier alpha value is -1.59. The van der Waals surface area contributed by atoms with E-state index in [9.17, 15) is 9.00 Å². The molecule has 0 saturated carbocycles. The van der Waals surface area contributed by atoms with Crippen molar-refractivity contribution >= 4 is 28.3 Å². The van der Waals surface area contributed by atoms with E-state index in [0.29, 0.717) is 23.1 Å². The van der Waals surface area contributed by atoms with Gasteiger partial charge in [0.05, 0.1) is 11.5 Å². The summed E-state index contributed by atoms with van der Waals surface area (Å²) in [6, 6.07) is 10.6. The SMILES string of the molecule is CCCCNC(=O)c1ccc(C[S@@](=O)Cc2ccccc2Cl)o1. The van der Waals surface area contributed by atoms with E-state index in [4.69, 9.17) is 16.0 Å². The molecule has 1 atom stereocenters. The van der Waals surface area contributed by atoms with Crippen LogP contribution < -0.4 is 5.32 Å². The summed E-state index contributed by atoms with van der Waals surface area (Å²) in [7, 11) is -1.15. The largest absolute Gasteiger partial charge is 0.455 e. The minimum Gasteiger partial charge on any atom is -0.455 e. The molecule has 0 aliphatic rings. The summed E-state index contributed by atoms with van der Waals surface area (Å²) in [5.41, 5.74) is 0.844. The molecule has 1 aromatic carbocycles. The highest BCUT2D eigenvalue weighted by atomic mass is 35.5. The first-order chi connectivity index (χ1) is 11.1. The van der Waals surface area contributed by atoms with Gasteiger partial charge in [0.15, 0.2) is 5.76 Å². The predicted octanol–water partition coefficient (Wildman–Crippen LogP) is 3.91. The quantitative estimate of drug-likeness (QED) is 0.732. The van der Waals surface area contributed by atoms with Crippen molar-refractivity contribution in [2.24, 2.45) is 0 Å². The number of hydrogen-bond acceptors (Lipinski definition) is 3. The molecule has 1 aromatic heterocycles. The second-order valence-corrected chi connectivity index (χ2v) is 7.06. The van der Waals surface area contributed by atoms with E-state index in [1.54, 1.807) is 18.2 Å². The fourth-order valence-electron chi connectivity index (χ4n) is 2.04. The first-order valence-corrected chi connectivity index (χ1v) is 9.42. The van der Waals surface area contributed by atoms with E-state index >= 15 is 0 Å². The Kier molecular flexibility index (Phi) is 6.86. The Bertz CT molecular complexity index is 684. The fraction of sp³-hybridized carbons (Fsp3) is 0.353. The average Bonchev–Trinajstić information content (AvgIpc) is 2.98. The van der Waals surface area contributed by atoms with Gasteiger partial charge in [-0.05, 0) is 30.2 Å². The number of carbonyl (C=O) groups excluding carboxylic acids is 1. The molecule has 0 saturated heterocycles. The molecular formula is C17H20ClNO3S. The van der Waals surface area contributed by atoms with Crippen LogP contribution in [0.4, 0.5) is 0 Å². The zero-order valence-corrected chi connectivity index (χ0v) is 14.6. The number of benzene rings is 1. The smallest absolute Gasteiger partial charge is 0.286 e. The van der Waals surface area contributed by atoms with E-state index in [2.05, 4.69) is 12.2 Å². The van der Waals surface area contributed by atoms with Crippen molar-refractivity contribution in [2.45, 2.75) is 31.3 Å². The van der Waals surface area contributed by atoms with Gasteiger partial charge in [-0.15, -0.1) is 0 Å². The van der Waals surface area contributed by atoms with Crippen LogP contribution in [0.25, 0.3) is 0 Å². The molecule has 6 heteroatoms. The van der Waals surface area contributed by atoms with Crippen molar-refractivity contribution in [3.8, 4) is 0 Å². The van der Waals surface area contributed by atoms with Gasteiger partial charge in [-0.3, -0.25) is 9.00 Å². The highest BCUT2D eigenvalue weighted by Crippen LogP contribution is 2.18. The third kappa shape index (κ3) is 5.52. The van der Waals surface area contributed by atoms with E-state index < -0.39 is 10.8 Å². The summed E-state index contributed by atoms with van der Waals surface area (Å²) < 4.78 is 17.7. The number of unbranched alkanes of at least 4 members (excludes halogenated alkanes) is 1. The molecule has 0 unspecified atom stereocenters. The number of carbonyl (C=O) groups is 1. The highest BCUT2D eigenvalue weighted by molar-refractivity contribution is 7.83. The second-order valence-electron chi connectivity index (χ2n) is 5.20. The summed E-state index contributed by atoms with van der Waals surface area (Å²) in [5, 5.41) is 3.40. The van der Waals surface area contributed by atoms with Crippen molar-refractivity contribution in [1.29, 1.82) is 0 Å². The summed E-state index contributed by atoms with van der Waals surface area (Å²) >= 11 is 6.07. The zero-order chi connectivity index (χ0) is 16.7. The van der Waals surface area contributed by atoms with E-state index in [0.717, 1.165) is 18.4 Å². The average molecular weight is 354 g/mol. The molecule has 4 nitrogen and oxygen atoms in total. The van der Waals surface area contributed by atoms with E-state index in [1.807, 2.05) is 18.2 Å². The number of rotatable bonds is 8. The molecule has 23 heavy (non-hydrogen) atoms. The van der Waals surface area contributed by atoms with Crippen LogP contribution in [-0.4, -0.2) is 16.7 Å². The van der Waals surface area contributed by atoms with Crippen LogP contribution in [-0.2, 0) is 22.3 Å². The Balaban J connectivity index is 1.90. The maximum absolute atomic E-state index is 12.2. The lowest BCUT2D eigenvalue weighted by Crippen LogP contribution is -2.23. The Labute approximate surface area is 143 Å². The normalized spacial score (nSPS) is 12.1. The fourth-order valence-corrected chi connectivity index (χ4v) is 3.50. The zero-order valence-electron chi connectivity index (χ0n) is 13.0. The third-order valence-corrected chi connectivity index (χ3v) is 4.89. The van der Waals surface area contributed by atoms with Gasteiger partial charge in [0.25, 0.3) is 5.91 Å². The first-order valence-electron chi connectivity index (χ1n) is 7.55. The van der Waals surface area contributed by atoms with Gasteiger partial charge < -0.3 is 9.73 Å². The van der Waals surface area contributed by atoms with Gasteiger partial charge in [-0.2, -0.15) is 0 Å². The maximum atomic E-state index is 12.2. The van der Waals surface area contributed by atoms with Crippen LogP contribution in [0.2, 0.25) is 5.02 Å². The van der Waals surface area contributed by atoms with Crippen molar-refractivity contribution < 1.29 is 13.4 Å². The molecule has 0 radical (unpaired) electrons. The van der Waals surface area contributed by atoms with Gasteiger partial charge >= 0.3 is 0 Å². The molecule has 1 heterocycles. The first kappa shape index (κ1) is 17.8.